The highest BCUT2D eigenvalue weighted by Crippen LogP contribution is 2.37. The van der Waals surface area contributed by atoms with Gasteiger partial charge in [-0.25, -0.2) is 5.32 Å². The Balaban J connectivity index is 1.56. The van der Waals surface area contributed by atoms with E-state index in [4.69, 9.17) is 5.32 Å². The van der Waals surface area contributed by atoms with Crippen LogP contribution >= 0.6 is 0 Å². The highest BCUT2D eigenvalue weighted by Gasteiger charge is 2.43. The molecule has 1 saturated heterocycles. The van der Waals surface area contributed by atoms with Crippen molar-refractivity contribution in [3.63, 3.8) is 0 Å². The zero-order chi connectivity index (χ0) is 18.4. The topological polar surface area (TPSA) is 17.3 Å². The van der Waals surface area contributed by atoms with Gasteiger partial charge in [0.25, 0.3) is 0 Å². The smallest absolute Gasteiger partial charge is 0.0552 e. The minimum Gasteiger partial charge on any atom is -0.296 e. The molecule has 4 rings (SSSR count). The molecule has 1 unspecified atom stereocenters. The van der Waals surface area contributed by atoms with Gasteiger partial charge >= 0.3 is 0 Å². The molecule has 1 radical (unpaired) electrons. The van der Waals surface area contributed by atoms with Crippen LogP contribution in [0.1, 0.15) is 49.7 Å². The Morgan fingerprint density at radius 3 is 2.11 bits per heavy atom. The molecule has 1 heterocycles. The Morgan fingerprint density at radius 1 is 0.815 bits per heavy atom. The minimum atomic E-state index is 0.0960. The van der Waals surface area contributed by atoms with E-state index in [1.165, 1.54) is 49.7 Å². The molecule has 0 N–H and O–H groups in total. The highest BCUT2D eigenvalue weighted by molar-refractivity contribution is 5.20. The van der Waals surface area contributed by atoms with E-state index >= 15 is 0 Å². The van der Waals surface area contributed by atoms with Gasteiger partial charge < -0.3 is 0 Å². The molecule has 2 fully saturated rings. The first-order chi connectivity index (χ1) is 13.3. The van der Waals surface area contributed by atoms with Gasteiger partial charge in [-0.1, -0.05) is 86.3 Å². The second kappa shape index (κ2) is 9.03. The highest BCUT2D eigenvalue weighted by atomic mass is 15.2. The Hall–Kier alpha value is -1.64. The molecule has 1 saturated carbocycles. The second-order valence-electron chi connectivity index (χ2n) is 8.53. The van der Waals surface area contributed by atoms with Gasteiger partial charge in [0, 0.05) is 26.2 Å². The third kappa shape index (κ3) is 4.80. The van der Waals surface area contributed by atoms with Crippen molar-refractivity contribution in [3.8, 4) is 0 Å². The summed E-state index contributed by atoms with van der Waals surface area (Å²) >= 11 is 0. The summed E-state index contributed by atoms with van der Waals surface area (Å²) in [5, 5.41) is 5.37. The summed E-state index contributed by atoms with van der Waals surface area (Å²) in [6, 6.07) is 22.0. The molecular formula is C25H33N2. The maximum absolute atomic E-state index is 5.37. The van der Waals surface area contributed by atoms with Gasteiger partial charge in [-0.2, -0.15) is 0 Å². The number of nitrogens with zero attached hydrogens (tertiary/aromatic N) is 2. The molecule has 1 aliphatic carbocycles. The summed E-state index contributed by atoms with van der Waals surface area (Å²) in [5.41, 5.74) is 2.97. The first-order valence-electron chi connectivity index (χ1n) is 10.8. The molecule has 1 aliphatic heterocycles. The first kappa shape index (κ1) is 18.7. The van der Waals surface area contributed by atoms with Crippen molar-refractivity contribution < 1.29 is 0 Å². The minimum absolute atomic E-state index is 0.0960. The first-order valence-corrected chi connectivity index (χ1v) is 10.8. The molecule has 2 aromatic rings. The molecule has 2 heteroatoms. The van der Waals surface area contributed by atoms with Gasteiger partial charge in [0.05, 0.1) is 5.54 Å². The summed E-state index contributed by atoms with van der Waals surface area (Å²) in [7, 11) is 0. The van der Waals surface area contributed by atoms with E-state index in [2.05, 4.69) is 65.6 Å². The Labute approximate surface area is 165 Å². The third-order valence-corrected chi connectivity index (χ3v) is 6.56. The van der Waals surface area contributed by atoms with Gasteiger partial charge in [-0.05, 0) is 36.3 Å². The van der Waals surface area contributed by atoms with E-state index in [1.807, 2.05) is 0 Å². The monoisotopic (exact) mass is 361 g/mol. The van der Waals surface area contributed by atoms with Gasteiger partial charge in [-0.3, -0.25) is 4.90 Å². The maximum Gasteiger partial charge on any atom is 0.0552 e. The summed E-state index contributed by atoms with van der Waals surface area (Å²) in [6.07, 6.45) is 9.40. The summed E-state index contributed by atoms with van der Waals surface area (Å²) in [5.74, 6) is 0.735. The van der Waals surface area contributed by atoms with Gasteiger partial charge in [-0.15, -0.1) is 0 Å². The molecule has 0 aromatic heterocycles. The number of piperazine rings is 1. The molecule has 0 spiro atoms. The van der Waals surface area contributed by atoms with E-state index in [0.717, 1.165) is 38.5 Å². The standard InChI is InChI=1S/C25H33N2/c1-2-10-16-24(15-9-1)25(19-22-11-5-3-6-12-22)21-27(18-17-26-25)20-23-13-7-4-8-14-23/h3-8,11-14,24H,1-2,9-10,15-21H2. The molecule has 27 heavy (non-hydrogen) atoms. The zero-order valence-corrected chi connectivity index (χ0v) is 16.5. The van der Waals surface area contributed by atoms with Crippen molar-refractivity contribution in [3.05, 3.63) is 71.8 Å². The normalized spacial score (nSPS) is 25.2. The molecule has 2 aromatic carbocycles. The van der Waals surface area contributed by atoms with Crippen molar-refractivity contribution in [2.75, 3.05) is 19.6 Å². The maximum atomic E-state index is 5.37. The van der Waals surface area contributed by atoms with Crippen LogP contribution in [0.2, 0.25) is 0 Å². The van der Waals surface area contributed by atoms with E-state index < -0.39 is 0 Å². The van der Waals surface area contributed by atoms with Gasteiger partial charge in [0.1, 0.15) is 0 Å². The quantitative estimate of drug-likeness (QED) is 0.681. The Kier molecular flexibility index (Phi) is 6.26. The molecule has 143 valence electrons. The van der Waals surface area contributed by atoms with E-state index in [9.17, 15) is 0 Å². The van der Waals surface area contributed by atoms with Crippen LogP contribution in [0.3, 0.4) is 0 Å². The molecule has 2 aliphatic rings. The van der Waals surface area contributed by atoms with Crippen LogP contribution < -0.4 is 5.32 Å². The van der Waals surface area contributed by atoms with Crippen LogP contribution in [0, 0.1) is 5.92 Å². The third-order valence-electron chi connectivity index (χ3n) is 6.56. The Bertz CT molecular complexity index is 676. The number of hydrogen-bond donors (Lipinski definition) is 0. The zero-order valence-electron chi connectivity index (χ0n) is 16.5. The molecule has 0 amide bonds. The summed E-state index contributed by atoms with van der Waals surface area (Å²) < 4.78 is 0. The lowest BCUT2D eigenvalue weighted by molar-refractivity contribution is 0.0668. The van der Waals surface area contributed by atoms with Gasteiger partial charge in [0.2, 0.25) is 0 Å². The van der Waals surface area contributed by atoms with Crippen molar-refractivity contribution in [1.82, 2.24) is 10.2 Å². The van der Waals surface area contributed by atoms with Gasteiger partial charge in [0.15, 0.2) is 0 Å². The fourth-order valence-corrected chi connectivity index (χ4v) is 5.19. The SMILES string of the molecule is c1ccc(CN2CC[N]C(Cc3ccccc3)(C3CCCCCC3)C2)cc1. The lowest BCUT2D eigenvalue weighted by atomic mass is 9.73. The van der Waals surface area contributed by atoms with Crippen molar-refractivity contribution in [2.24, 2.45) is 5.92 Å². The van der Waals surface area contributed by atoms with Crippen LogP contribution in [0.4, 0.5) is 0 Å². The number of hydrogen-bond acceptors (Lipinski definition) is 1. The van der Waals surface area contributed by atoms with Crippen molar-refractivity contribution in [2.45, 2.75) is 57.0 Å². The molecule has 1 atom stereocenters. The van der Waals surface area contributed by atoms with Crippen LogP contribution in [0.15, 0.2) is 60.7 Å². The Morgan fingerprint density at radius 2 is 1.44 bits per heavy atom. The summed E-state index contributed by atoms with van der Waals surface area (Å²) in [6.45, 7) is 4.25. The molecule has 0 bridgehead atoms. The average Bonchev–Trinajstić information content (AvgIpc) is 3.00. The largest absolute Gasteiger partial charge is 0.296 e. The number of benzene rings is 2. The van der Waals surface area contributed by atoms with Crippen LogP contribution in [-0.4, -0.2) is 30.1 Å². The predicted octanol–water partition coefficient (Wildman–Crippen LogP) is 5.06. The van der Waals surface area contributed by atoms with Crippen LogP contribution in [0.5, 0.6) is 0 Å². The van der Waals surface area contributed by atoms with Crippen LogP contribution in [-0.2, 0) is 13.0 Å². The predicted molar refractivity (Wildman–Crippen MR) is 113 cm³/mol. The van der Waals surface area contributed by atoms with E-state index in [0.29, 0.717) is 0 Å². The number of rotatable bonds is 5. The van der Waals surface area contributed by atoms with Crippen molar-refractivity contribution in [1.29, 1.82) is 0 Å². The second-order valence-corrected chi connectivity index (χ2v) is 8.53. The summed E-state index contributed by atoms with van der Waals surface area (Å²) in [4.78, 5) is 2.66. The molecular weight excluding hydrogens is 328 g/mol. The van der Waals surface area contributed by atoms with E-state index in [1.54, 1.807) is 0 Å². The lowest BCUT2D eigenvalue weighted by Crippen LogP contribution is -2.61. The van der Waals surface area contributed by atoms with Crippen molar-refractivity contribution >= 4 is 0 Å². The molecule has 2 nitrogen and oxygen atoms in total. The lowest BCUT2D eigenvalue weighted by Gasteiger charge is -2.47. The fraction of sp³-hybridized carbons (Fsp3) is 0.520. The average molecular weight is 362 g/mol. The fourth-order valence-electron chi connectivity index (χ4n) is 5.19. The van der Waals surface area contributed by atoms with E-state index in [-0.39, 0.29) is 5.54 Å². The van der Waals surface area contributed by atoms with Crippen LogP contribution in [0.25, 0.3) is 0 Å².